The van der Waals surface area contributed by atoms with Gasteiger partial charge >= 0.3 is 0 Å². The van der Waals surface area contributed by atoms with Gasteiger partial charge in [0.25, 0.3) is 0 Å². The molecule has 3 N–H and O–H groups in total. The van der Waals surface area contributed by atoms with E-state index >= 15 is 0 Å². The van der Waals surface area contributed by atoms with Crippen LogP contribution in [0.25, 0.3) is 0 Å². The van der Waals surface area contributed by atoms with E-state index in [4.69, 9.17) is 33.7 Å². The Balaban J connectivity index is 1.72. The smallest absolute Gasteiger partial charge is 0.235 e. The van der Waals surface area contributed by atoms with Crippen molar-refractivity contribution in [1.82, 2.24) is 0 Å². The molecule has 0 bridgehead atoms. The van der Waals surface area contributed by atoms with Gasteiger partial charge in [-0.2, -0.15) is 0 Å². The van der Waals surface area contributed by atoms with E-state index in [9.17, 15) is 4.79 Å². The number of nitrogen functional groups attached to an aromatic ring is 1. The van der Waals surface area contributed by atoms with Crippen molar-refractivity contribution in [2.24, 2.45) is 5.92 Å². The van der Waals surface area contributed by atoms with Crippen molar-refractivity contribution in [2.75, 3.05) is 11.1 Å². The van der Waals surface area contributed by atoms with Crippen LogP contribution in [0.15, 0.2) is 30.3 Å². The molecule has 1 heterocycles. The lowest BCUT2D eigenvalue weighted by Gasteiger charge is -2.12. The zero-order chi connectivity index (χ0) is 16.4. The lowest BCUT2D eigenvalue weighted by atomic mass is 9.95. The van der Waals surface area contributed by atoms with Crippen molar-refractivity contribution < 1.29 is 9.53 Å². The summed E-state index contributed by atoms with van der Waals surface area (Å²) in [5.74, 6) is 1.35. The normalized spacial score (nSPS) is 24.5. The maximum Gasteiger partial charge on any atom is 0.235 e. The van der Waals surface area contributed by atoms with Crippen LogP contribution in [-0.2, 0) is 10.2 Å². The minimum atomic E-state index is -0.399. The summed E-state index contributed by atoms with van der Waals surface area (Å²) in [6.07, 6.45) is 0.860. The highest BCUT2D eigenvalue weighted by Crippen LogP contribution is 2.60. The molecule has 0 saturated heterocycles. The van der Waals surface area contributed by atoms with Crippen LogP contribution in [-0.4, -0.2) is 5.91 Å². The summed E-state index contributed by atoms with van der Waals surface area (Å²) in [6.45, 7) is 2.08. The van der Waals surface area contributed by atoms with E-state index in [1.807, 2.05) is 12.1 Å². The Bertz CT molecular complexity index is 829. The first kappa shape index (κ1) is 14.7. The fourth-order valence-electron chi connectivity index (χ4n) is 3.33. The number of nitrogens with one attached hydrogen (secondary N) is 1. The molecule has 118 valence electrons. The maximum atomic E-state index is 12.2. The number of rotatable bonds is 2. The van der Waals surface area contributed by atoms with Crippen molar-refractivity contribution in [3.8, 4) is 11.5 Å². The lowest BCUT2D eigenvalue weighted by molar-refractivity contribution is -0.118. The first-order valence-corrected chi connectivity index (χ1v) is 8.06. The molecule has 23 heavy (non-hydrogen) atoms. The van der Waals surface area contributed by atoms with E-state index in [0.29, 0.717) is 33.1 Å². The van der Waals surface area contributed by atoms with Crippen molar-refractivity contribution in [1.29, 1.82) is 0 Å². The van der Waals surface area contributed by atoms with Gasteiger partial charge in [0.2, 0.25) is 5.91 Å². The summed E-state index contributed by atoms with van der Waals surface area (Å²) in [7, 11) is 0. The van der Waals surface area contributed by atoms with Gasteiger partial charge in [-0.3, -0.25) is 4.79 Å². The molecule has 2 aromatic rings. The quantitative estimate of drug-likeness (QED) is 0.779. The fraction of sp³-hybridized carbons (Fsp3) is 0.235. The summed E-state index contributed by atoms with van der Waals surface area (Å²) in [4.78, 5) is 12.2. The highest BCUT2D eigenvalue weighted by Gasteiger charge is 2.62. The van der Waals surface area contributed by atoms with Crippen molar-refractivity contribution in [3.63, 3.8) is 0 Å². The lowest BCUT2D eigenvalue weighted by Crippen LogP contribution is -2.20. The Morgan fingerprint density at radius 1 is 1.26 bits per heavy atom. The number of carbonyl (C=O) groups is 1. The highest BCUT2D eigenvalue weighted by atomic mass is 35.5. The van der Waals surface area contributed by atoms with Crippen LogP contribution in [0.4, 0.5) is 11.4 Å². The molecule has 1 aliphatic carbocycles. The Hall–Kier alpha value is -1.91. The van der Waals surface area contributed by atoms with Crippen molar-refractivity contribution in [2.45, 2.75) is 18.8 Å². The molecule has 2 unspecified atom stereocenters. The number of benzene rings is 2. The maximum absolute atomic E-state index is 12.2. The van der Waals surface area contributed by atoms with Crippen LogP contribution in [0.3, 0.4) is 0 Å². The minimum Gasteiger partial charge on any atom is -0.454 e. The minimum absolute atomic E-state index is 0.0701. The molecule has 0 aromatic heterocycles. The van der Waals surface area contributed by atoms with E-state index in [1.165, 1.54) is 0 Å². The first-order chi connectivity index (χ1) is 10.9. The summed E-state index contributed by atoms with van der Waals surface area (Å²) < 4.78 is 5.85. The van der Waals surface area contributed by atoms with E-state index < -0.39 is 5.41 Å². The molecule has 1 fully saturated rings. The third kappa shape index (κ3) is 2.09. The number of nitrogens with two attached hydrogens (primary N) is 1. The average Bonchev–Trinajstić information content (AvgIpc) is 3.08. The number of hydrogen-bond acceptors (Lipinski definition) is 3. The largest absolute Gasteiger partial charge is 0.454 e. The van der Waals surface area contributed by atoms with E-state index in [2.05, 4.69) is 12.2 Å². The number of carbonyl (C=O) groups excluding carboxylic acids is 1. The van der Waals surface area contributed by atoms with Gasteiger partial charge < -0.3 is 15.8 Å². The van der Waals surface area contributed by atoms with Gasteiger partial charge in [-0.15, -0.1) is 0 Å². The summed E-state index contributed by atoms with van der Waals surface area (Å²) >= 11 is 12.3. The van der Waals surface area contributed by atoms with Gasteiger partial charge in [-0.25, -0.2) is 0 Å². The van der Waals surface area contributed by atoms with Crippen LogP contribution in [0.5, 0.6) is 11.5 Å². The zero-order valence-electron chi connectivity index (χ0n) is 12.3. The summed E-state index contributed by atoms with van der Waals surface area (Å²) in [5.41, 5.74) is 7.60. The second-order valence-corrected chi connectivity index (χ2v) is 6.97. The van der Waals surface area contributed by atoms with Gasteiger partial charge in [0.15, 0.2) is 5.75 Å². The van der Waals surface area contributed by atoms with Gasteiger partial charge in [-0.1, -0.05) is 30.1 Å². The predicted molar refractivity (Wildman–Crippen MR) is 91.5 cm³/mol. The second kappa shape index (κ2) is 4.79. The van der Waals surface area contributed by atoms with E-state index in [1.54, 1.807) is 18.2 Å². The third-order valence-electron chi connectivity index (χ3n) is 4.67. The van der Waals surface area contributed by atoms with Crippen molar-refractivity contribution >= 4 is 40.5 Å². The topological polar surface area (TPSA) is 64.3 Å². The van der Waals surface area contributed by atoms with Gasteiger partial charge in [0.05, 0.1) is 15.5 Å². The SMILES string of the molecule is CC1CC12C(=O)Nc1ccc(Oc3c(Cl)cc(N)cc3Cl)cc12. The van der Waals surface area contributed by atoms with Gasteiger partial charge in [0.1, 0.15) is 5.75 Å². The number of fused-ring (bicyclic) bond motifs is 2. The van der Waals surface area contributed by atoms with Crippen LogP contribution in [0, 0.1) is 5.92 Å². The number of amides is 1. The van der Waals surface area contributed by atoms with Gasteiger partial charge in [0, 0.05) is 11.4 Å². The number of anilines is 2. The van der Waals surface area contributed by atoms with Gasteiger partial charge in [-0.05, 0) is 48.2 Å². The van der Waals surface area contributed by atoms with Crippen LogP contribution in [0.2, 0.25) is 10.0 Å². The predicted octanol–water partition coefficient (Wildman–Crippen LogP) is 4.60. The Morgan fingerprint density at radius 3 is 2.52 bits per heavy atom. The Labute approximate surface area is 143 Å². The first-order valence-electron chi connectivity index (χ1n) is 7.30. The van der Waals surface area contributed by atoms with Crippen LogP contribution < -0.4 is 15.8 Å². The molecule has 4 nitrogen and oxygen atoms in total. The molecular formula is C17H14Cl2N2O2. The number of ether oxygens (including phenoxy) is 1. The van der Waals surface area contributed by atoms with Crippen molar-refractivity contribution in [3.05, 3.63) is 45.9 Å². The van der Waals surface area contributed by atoms with Crippen LogP contribution >= 0.6 is 23.2 Å². The molecule has 1 amide bonds. The Morgan fingerprint density at radius 2 is 1.91 bits per heavy atom. The number of halogens is 2. The molecule has 6 heteroatoms. The fourth-order valence-corrected chi connectivity index (χ4v) is 3.91. The molecule has 4 rings (SSSR count). The molecule has 2 aromatic carbocycles. The molecule has 0 radical (unpaired) electrons. The summed E-state index contributed by atoms with van der Waals surface area (Å²) in [5, 5.41) is 3.63. The van der Waals surface area contributed by atoms with E-state index in [-0.39, 0.29) is 5.91 Å². The third-order valence-corrected chi connectivity index (χ3v) is 5.24. The molecule has 1 aliphatic heterocycles. The average molecular weight is 349 g/mol. The zero-order valence-corrected chi connectivity index (χ0v) is 13.8. The standard InChI is InChI=1S/C17H14Cl2N2O2/c1-8-7-17(8)11-6-10(2-3-14(11)21-16(17)22)23-15-12(18)4-9(20)5-13(15)19/h2-6,8H,7,20H2,1H3,(H,21,22). The Kier molecular flexibility index (Phi) is 3.06. The highest BCUT2D eigenvalue weighted by molar-refractivity contribution is 6.37. The summed E-state index contributed by atoms with van der Waals surface area (Å²) in [6, 6.07) is 8.70. The monoisotopic (exact) mass is 348 g/mol. The van der Waals surface area contributed by atoms with Crippen LogP contribution in [0.1, 0.15) is 18.9 Å². The molecule has 2 atom stereocenters. The molecule has 1 saturated carbocycles. The molecule has 1 spiro atoms. The molecular weight excluding hydrogens is 335 g/mol. The van der Waals surface area contributed by atoms with E-state index in [0.717, 1.165) is 17.7 Å². The second-order valence-electron chi connectivity index (χ2n) is 6.15. The number of hydrogen-bond donors (Lipinski definition) is 2. The molecule has 2 aliphatic rings.